The van der Waals surface area contributed by atoms with Crippen molar-refractivity contribution in [1.82, 2.24) is 23.9 Å². The highest BCUT2D eigenvalue weighted by molar-refractivity contribution is 7.88. The summed E-state index contributed by atoms with van der Waals surface area (Å²) in [6, 6.07) is 10.7. The summed E-state index contributed by atoms with van der Waals surface area (Å²) in [6.07, 6.45) is 8.55. The first-order valence-electron chi connectivity index (χ1n) is 14.1. The van der Waals surface area contributed by atoms with Crippen LogP contribution in [-0.4, -0.2) is 116 Å². The molecule has 1 aromatic rings. The third-order valence-corrected chi connectivity index (χ3v) is 11.1. The maximum atomic E-state index is 13.8. The largest absolute Gasteiger partial charge is 0.339 e. The molecule has 0 aromatic heterocycles. The second-order valence-electron chi connectivity index (χ2n) is 12.1. The predicted octanol–water partition coefficient (Wildman–Crippen LogP) is 2.40. The van der Waals surface area contributed by atoms with E-state index in [1.165, 1.54) is 35.4 Å². The first-order valence-corrected chi connectivity index (χ1v) is 15.9. The summed E-state index contributed by atoms with van der Waals surface area (Å²) < 4.78 is 25.1. The monoisotopic (exact) mass is 545 g/mol. The zero-order chi connectivity index (χ0) is 27.1. The standard InChI is InChI=1S/C28H43N5O4S/c1-29(2)28(24-10-5-4-6-11-24)14-12-27(13-15-28)22-31(26(35)33(27)20-23-8-7-9-23)21-25(34)30-16-18-32(19-17-30)38(3,36)37/h4-6,10-11,23H,7-9,12-22H2,1-3H3/t27-,28-. The van der Waals surface area contributed by atoms with Crippen LogP contribution in [-0.2, 0) is 20.4 Å². The Bertz CT molecular complexity index is 1120. The number of carbonyl (C=O) groups excluding carboxylic acids is 2. The van der Waals surface area contributed by atoms with Crippen LogP contribution in [0.2, 0.25) is 0 Å². The van der Waals surface area contributed by atoms with E-state index in [1.54, 1.807) is 9.80 Å². The van der Waals surface area contributed by atoms with Crippen molar-refractivity contribution in [3.63, 3.8) is 0 Å². The quantitative estimate of drug-likeness (QED) is 0.526. The van der Waals surface area contributed by atoms with Gasteiger partial charge >= 0.3 is 6.03 Å². The van der Waals surface area contributed by atoms with Gasteiger partial charge in [0.05, 0.1) is 11.8 Å². The Hall–Kier alpha value is -2.17. The van der Waals surface area contributed by atoms with Crippen LogP contribution < -0.4 is 0 Å². The molecule has 0 N–H and O–H groups in total. The number of sulfonamides is 1. The number of hydrogen-bond acceptors (Lipinski definition) is 5. The van der Waals surface area contributed by atoms with Gasteiger partial charge in [0.25, 0.3) is 0 Å². The fourth-order valence-electron chi connectivity index (χ4n) is 7.04. The molecule has 2 saturated carbocycles. The molecule has 0 unspecified atom stereocenters. The van der Waals surface area contributed by atoms with Crippen molar-refractivity contribution in [2.24, 2.45) is 5.92 Å². The first kappa shape index (κ1) is 27.4. The van der Waals surface area contributed by atoms with Gasteiger partial charge in [0.15, 0.2) is 0 Å². The number of amides is 3. The molecule has 1 spiro atoms. The molecule has 0 atom stereocenters. The lowest BCUT2D eigenvalue weighted by Gasteiger charge is -2.51. The van der Waals surface area contributed by atoms with E-state index in [2.05, 4.69) is 54.2 Å². The van der Waals surface area contributed by atoms with Gasteiger partial charge in [0.2, 0.25) is 15.9 Å². The van der Waals surface area contributed by atoms with Crippen LogP contribution in [0.3, 0.4) is 0 Å². The minimum absolute atomic E-state index is 0.00270. The van der Waals surface area contributed by atoms with E-state index in [4.69, 9.17) is 0 Å². The van der Waals surface area contributed by atoms with Crippen molar-refractivity contribution in [1.29, 1.82) is 0 Å². The molecule has 210 valence electrons. The van der Waals surface area contributed by atoms with E-state index >= 15 is 0 Å². The van der Waals surface area contributed by atoms with E-state index in [1.807, 2.05) is 0 Å². The summed E-state index contributed by atoms with van der Waals surface area (Å²) in [7, 11) is 1.06. The molecule has 0 radical (unpaired) electrons. The predicted molar refractivity (Wildman–Crippen MR) is 147 cm³/mol. The van der Waals surface area contributed by atoms with Crippen LogP contribution in [0.5, 0.6) is 0 Å². The van der Waals surface area contributed by atoms with Gasteiger partial charge in [-0.1, -0.05) is 36.8 Å². The van der Waals surface area contributed by atoms with Crippen molar-refractivity contribution >= 4 is 22.0 Å². The Morgan fingerprint density at radius 2 is 1.63 bits per heavy atom. The highest BCUT2D eigenvalue weighted by atomic mass is 32.2. The molecular formula is C28H43N5O4S. The van der Waals surface area contributed by atoms with E-state index in [-0.39, 0.29) is 29.6 Å². The number of hydrogen-bond donors (Lipinski definition) is 0. The van der Waals surface area contributed by atoms with E-state index in [0.29, 0.717) is 38.6 Å². The Kier molecular flexibility index (Phi) is 7.52. The van der Waals surface area contributed by atoms with Gasteiger partial charge in [-0.15, -0.1) is 0 Å². The van der Waals surface area contributed by atoms with Gasteiger partial charge in [-0.05, 0) is 64.1 Å². The van der Waals surface area contributed by atoms with Crippen LogP contribution in [0.25, 0.3) is 0 Å². The second kappa shape index (κ2) is 10.4. The van der Waals surface area contributed by atoms with Crippen LogP contribution in [0.4, 0.5) is 4.79 Å². The fraction of sp³-hybridized carbons (Fsp3) is 0.714. The van der Waals surface area contributed by atoms with Crippen LogP contribution in [0.15, 0.2) is 30.3 Å². The molecular weight excluding hydrogens is 502 g/mol. The fourth-order valence-corrected chi connectivity index (χ4v) is 7.87. The Labute approximate surface area is 227 Å². The number of benzene rings is 1. The highest BCUT2D eigenvalue weighted by Gasteiger charge is 2.55. The number of nitrogens with zero attached hydrogens (tertiary/aromatic N) is 5. The van der Waals surface area contributed by atoms with Crippen LogP contribution in [0, 0.1) is 5.92 Å². The van der Waals surface area contributed by atoms with Gasteiger partial charge in [0, 0.05) is 44.8 Å². The summed E-state index contributed by atoms with van der Waals surface area (Å²) in [5.74, 6) is 0.472. The summed E-state index contributed by atoms with van der Waals surface area (Å²) >= 11 is 0. The number of urea groups is 1. The number of carbonyl (C=O) groups is 2. The lowest BCUT2D eigenvalue weighted by Crippen LogP contribution is -2.56. The molecule has 2 heterocycles. The van der Waals surface area contributed by atoms with Gasteiger partial charge < -0.3 is 14.7 Å². The Morgan fingerprint density at radius 1 is 1.00 bits per heavy atom. The molecule has 5 rings (SSSR count). The van der Waals surface area contributed by atoms with Crippen molar-refractivity contribution in [2.45, 2.75) is 56.0 Å². The SMILES string of the molecule is CN(C)[C@]1(c2ccccc2)CC[C@@]2(CC1)CN(CC(=O)N1CCN(S(C)(=O)=O)CC1)C(=O)N2CC1CCC1. The molecule has 9 nitrogen and oxygen atoms in total. The molecule has 2 aliphatic carbocycles. The van der Waals surface area contributed by atoms with Gasteiger partial charge in [0.1, 0.15) is 6.54 Å². The summed E-state index contributed by atoms with van der Waals surface area (Å²) in [6.45, 7) is 2.80. The molecule has 2 aliphatic heterocycles. The third kappa shape index (κ3) is 5.07. The molecule has 2 saturated heterocycles. The lowest BCUT2D eigenvalue weighted by atomic mass is 9.68. The average Bonchev–Trinajstić information content (AvgIpc) is 3.11. The number of piperazine rings is 1. The Morgan fingerprint density at radius 3 is 2.16 bits per heavy atom. The van der Waals surface area contributed by atoms with E-state index in [0.717, 1.165) is 32.2 Å². The minimum atomic E-state index is -3.26. The van der Waals surface area contributed by atoms with Crippen molar-refractivity contribution in [3.05, 3.63) is 35.9 Å². The lowest BCUT2D eigenvalue weighted by molar-refractivity contribution is -0.132. The Balaban J connectivity index is 1.30. The molecule has 3 amide bonds. The van der Waals surface area contributed by atoms with Crippen LogP contribution >= 0.6 is 0 Å². The molecule has 4 aliphatic rings. The average molecular weight is 546 g/mol. The zero-order valence-electron chi connectivity index (χ0n) is 23.1. The summed E-state index contributed by atoms with van der Waals surface area (Å²) in [5.41, 5.74) is 1.03. The van der Waals surface area contributed by atoms with E-state index < -0.39 is 10.0 Å². The highest BCUT2D eigenvalue weighted by Crippen LogP contribution is 2.49. The topological polar surface area (TPSA) is 84.5 Å². The van der Waals surface area contributed by atoms with Crippen molar-refractivity contribution in [2.75, 3.05) is 66.2 Å². The normalized spacial score (nSPS) is 29.4. The van der Waals surface area contributed by atoms with E-state index in [9.17, 15) is 18.0 Å². The zero-order valence-corrected chi connectivity index (χ0v) is 24.0. The molecule has 10 heteroatoms. The van der Waals surface area contributed by atoms with Crippen LogP contribution in [0.1, 0.15) is 50.5 Å². The van der Waals surface area contributed by atoms with Crippen molar-refractivity contribution < 1.29 is 18.0 Å². The van der Waals surface area contributed by atoms with Gasteiger partial charge in [-0.25, -0.2) is 13.2 Å². The van der Waals surface area contributed by atoms with Crippen molar-refractivity contribution in [3.8, 4) is 0 Å². The summed E-state index contributed by atoms with van der Waals surface area (Å²) in [4.78, 5) is 35.0. The molecule has 0 bridgehead atoms. The molecule has 38 heavy (non-hydrogen) atoms. The number of rotatable bonds is 7. The van der Waals surface area contributed by atoms with Gasteiger partial charge in [-0.2, -0.15) is 4.31 Å². The smallest absolute Gasteiger partial charge is 0.321 e. The third-order valence-electron chi connectivity index (χ3n) is 9.79. The maximum absolute atomic E-state index is 13.8. The molecule has 1 aromatic carbocycles. The first-order chi connectivity index (χ1) is 18.0. The second-order valence-corrected chi connectivity index (χ2v) is 14.1. The maximum Gasteiger partial charge on any atom is 0.321 e. The van der Waals surface area contributed by atoms with Gasteiger partial charge in [-0.3, -0.25) is 9.69 Å². The molecule has 4 fully saturated rings. The minimum Gasteiger partial charge on any atom is -0.339 e. The summed E-state index contributed by atoms with van der Waals surface area (Å²) in [5, 5.41) is 0.